The number of nitrogens with zero attached hydrogens (tertiary/aromatic N) is 1. The molecule has 0 fully saturated rings. The molecular formula is C14H11BrF2N2O2. The van der Waals surface area contributed by atoms with Gasteiger partial charge in [-0.2, -0.15) is 0 Å². The molecule has 7 heteroatoms. The number of carbonyl (C=O) groups excluding carboxylic acids is 1. The first-order chi connectivity index (χ1) is 10.0. The molecular weight excluding hydrogens is 346 g/mol. The first-order valence-corrected chi connectivity index (χ1v) is 6.72. The van der Waals surface area contributed by atoms with E-state index in [9.17, 15) is 13.6 Å². The first-order valence-electron chi connectivity index (χ1n) is 5.93. The van der Waals surface area contributed by atoms with Crippen LogP contribution in [0.2, 0.25) is 0 Å². The average molecular weight is 357 g/mol. The monoisotopic (exact) mass is 356 g/mol. The second-order valence-corrected chi connectivity index (χ2v) is 5.04. The molecule has 0 aliphatic rings. The number of hydrogen-bond acceptors (Lipinski definition) is 4. The van der Waals surface area contributed by atoms with Gasteiger partial charge in [0.15, 0.2) is 0 Å². The lowest BCUT2D eigenvalue weighted by atomic mass is 10.1. The molecule has 110 valence electrons. The van der Waals surface area contributed by atoms with Crippen LogP contribution >= 0.6 is 15.9 Å². The van der Waals surface area contributed by atoms with Crippen molar-refractivity contribution in [3.05, 3.63) is 57.8 Å². The fourth-order valence-corrected chi connectivity index (χ4v) is 1.88. The molecule has 21 heavy (non-hydrogen) atoms. The van der Waals surface area contributed by atoms with Crippen molar-refractivity contribution in [2.45, 2.75) is 6.54 Å². The number of carbonyl (C=O) groups is 1. The number of methoxy groups -OCH3 is 1. The molecule has 0 unspecified atom stereocenters. The Morgan fingerprint density at radius 1 is 1.33 bits per heavy atom. The van der Waals surface area contributed by atoms with E-state index in [1.807, 2.05) is 0 Å². The third-order valence-electron chi connectivity index (χ3n) is 2.71. The lowest BCUT2D eigenvalue weighted by molar-refractivity contribution is 0.0595. The van der Waals surface area contributed by atoms with Gasteiger partial charge >= 0.3 is 5.97 Å². The van der Waals surface area contributed by atoms with Crippen LogP contribution in [0.15, 0.2) is 34.9 Å². The van der Waals surface area contributed by atoms with Crippen molar-refractivity contribution in [3.8, 4) is 0 Å². The maximum absolute atomic E-state index is 13.7. The maximum atomic E-state index is 13.7. The van der Waals surface area contributed by atoms with E-state index in [0.29, 0.717) is 11.8 Å². The van der Waals surface area contributed by atoms with E-state index in [1.165, 1.54) is 0 Å². The second-order valence-electron chi connectivity index (χ2n) is 4.12. The molecule has 1 aromatic carbocycles. The summed E-state index contributed by atoms with van der Waals surface area (Å²) in [6, 6.07) is 5.27. The van der Waals surface area contributed by atoms with Crippen molar-refractivity contribution in [3.63, 3.8) is 0 Å². The highest BCUT2D eigenvalue weighted by atomic mass is 79.9. The summed E-state index contributed by atoms with van der Waals surface area (Å²) in [6.45, 7) is 0.233. The van der Waals surface area contributed by atoms with E-state index in [1.54, 1.807) is 18.3 Å². The number of anilines is 1. The Balaban J connectivity index is 2.19. The second kappa shape index (κ2) is 6.62. The minimum Gasteiger partial charge on any atom is -0.465 e. The van der Waals surface area contributed by atoms with Gasteiger partial charge < -0.3 is 10.1 Å². The van der Waals surface area contributed by atoms with E-state index in [2.05, 4.69) is 31.0 Å². The van der Waals surface area contributed by atoms with Crippen LogP contribution in [0.3, 0.4) is 0 Å². The number of ether oxygens (including phenoxy) is 1. The van der Waals surface area contributed by atoms with Crippen LogP contribution in [0.25, 0.3) is 0 Å². The Kier molecular flexibility index (Phi) is 4.85. The van der Waals surface area contributed by atoms with Crippen LogP contribution in [0.4, 0.5) is 14.5 Å². The van der Waals surface area contributed by atoms with Crippen molar-refractivity contribution < 1.29 is 18.3 Å². The van der Waals surface area contributed by atoms with Crippen LogP contribution in [0, 0.1) is 11.6 Å². The lowest BCUT2D eigenvalue weighted by Crippen LogP contribution is -2.09. The Morgan fingerprint density at radius 2 is 2.10 bits per heavy atom. The highest BCUT2D eigenvalue weighted by Gasteiger charge is 2.16. The number of halogens is 3. The molecule has 2 rings (SSSR count). The first kappa shape index (κ1) is 15.4. The van der Waals surface area contributed by atoms with Gasteiger partial charge in [-0.25, -0.2) is 13.6 Å². The summed E-state index contributed by atoms with van der Waals surface area (Å²) in [5, 5.41) is 2.77. The molecule has 1 heterocycles. The van der Waals surface area contributed by atoms with Gasteiger partial charge in [-0.3, -0.25) is 4.98 Å². The van der Waals surface area contributed by atoms with Crippen molar-refractivity contribution in [1.29, 1.82) is 0 Å². The van der Waals surface area contributed by atoms with Crippen molar-refractivity contribution in [2.75, 3.05) is 12.4 Å². The predicted molar refractivity (Wildman–Crippen MR) is 77.0 cm³/mol. The Morgan fingerprint density at radius 3 is 2.71 bits per heavy atom. The van der Waals surface area contributed by atoms with Gasteiger partial charge in [0.05, 0.1) is 30.6 Å². The molecule has 0 spiro atoms. The fourth-order valence-electron chi connectivity index (χ4n) is 1.65. The Hall–Kier alpha value is -2.02. The molecule has 2 aromatic rings. The number of rotatable bonds is 4. The maximum Gasteiger partial charge on any atom is 0.340 e. The number of hydrogen-bond donors (Lipinski definition) is 1. The van der Waals surface area contributed by atoms with Crippen molar-refractivity contribution in [1.82, 2.24) is 4.98 Å². The standard InChI is InChI=1S/C14H11BrF2N2O2/c1-21-14(20)10-4-13(12(17)5-11(10)16)19-7-9-3-2-8(15)6-18-9/h2-6,19H,7H2,1H3. The third kappa shape index (κ3) is 3.75. The number of pyridine rings is 1. The van der Waals surface area contributed by atoms with Gasteiger partial charge in [-0.1, -0.05) is 0 Å². The number of benzene rings is 1. The van der Waals surface area contributed by atoms with E-state index in [0.717, 1.165) is 17.6 Å². The normalized spacial score (nSPS) is 10.3. The summed E-state index contributed by atoms with van der Waals surface area (Å²) in [5.74, 6) is -2.62. The van der Waals surface area contributed by atoms with E-state index >= 15 is 0 Å². The smallest absolute Gasteiger partial charge is 0.340 e. The lowest BCUT2D eigenvalue weighted by Gasteiger charge is -2.09. The minimum absolute atomic E-state index is 0.00141. The topological polar surface area (TPSA) is 51.2 Å². The van der Waals surface area contributed by atoms with Crippen LogP contribution in [-0.2, 0) is 11.3 Å². The van der Waals surface area contributed by atoms with Gasteiger partial charge in [0, 0.05) is 16.7 Å². The van der Waals surface area contributed by atoms with E-state index < -0.39 is 17.6 Å². The zero-order chi connectivity index (χ0) is 15.4. The summed E-state index contributed by atoms with van der Waals surface area (Å²) >= 11 is 3.26. The summed E-state index contributed by atoms with van der Waals surface area (Å²) in [4.78, 5) is 15.5. The summed E-state index contributed by atoms with van der Waals surface area (Å²) in [5.41, 5.74) is 0.341. The molecule has 0 atom stereocenters. The molecule has 4 nitrogen and oxygen atoms in total. The van der Waals surface area contributed by atoms with Gasteiger partial charge in [-0.15, -0.1) is 0 Å². The zero-order valence-corrected chi connectivity index (χ0v) is 12.6. The van der Waals surface area contributed by atoms with Gasteiger partial charge in [-0.05, 0) is 34.1 Å². The van der Waals surface area contributed by atoms with Crippen LogP contribution in [0.1, 0.15) is 16.1 Å². The summed E-state index contributed by atoms with van der Waals surface area (Å²) in [7, 11) is 1.13. The minimum atomic E-state index is -0.966. The summed E-state index contributed by atoms with van der Waals surface area (Å²) < 4.78 is 32.4. The number of nitrogens with one attached hydrogen (secondary N) is 1. The molecule has 0 radical (unpaired) electrons. The summed E-state index contributed by atoms with van der Waals surface area (Å²) in [6.07, 6.45) is 1.61. The third-order valence-corrected chi connectivity index (χ3v) is 3.18. The quantitative estimate of drug-likeness (QED) is 0.851. The Labute approximate surface area is 128 Å². The zero-order valence-electron chi connectivity index (χ0n) is 11.0. The van der Waals surface area contributed by atoms with Crippen molar-refractivity contribution in [2.24, 2.45) is 0 Å². The van der Waals surface area contributed by atoms with Crippen LogP contribution in [0.5, 0.6) is 0 Å². The molecule has 0 aliphatic carbocycles. The molecule has 1 N–H and O–H groups in total. The highest BCUT2D eigenvalue weighted by Crippen LogP contribution is 2.21. The molecule has 0 aliphatic heterocycles. The molecule has 0 bridgehead atoms. The van der Waals surface area contributed by atoms with E-state index in [-0.39, 0.29) is 17.8 Å². The van der Waals surface area contributed by atoms with E-state index in [4.69, 9.17) is 0 Å². The largest absolute Gasteiger partial charge is 0.465 e. The highest BCUT2D eigenvalue weighted by molar-refractivity contribution is 9.10. The molecule has 0 saturated heterocycles. The van der Waals surface area contributed by atoms with Crippen LogP contribution in [-0.4, -0.2) is 18.1 Å². The SMILES string of the molecule is COC(=O)c1cc(NCc2ccc(Br)cn2)c(F)cc1F. The van der Waals surface area contributed by atoms with Crippen molar-refractivity contribution >= 4 is 27.6 Å². The number of aromatic nitrogens is 1. The molecule has 0 amide bonds. The van der Waals surface area contributed by atoms with Gasteiger partial charge in [0.25, 0.3) is 0 Å². The van der Waals surface area contributed by atoms with Crippen LogP contribution < -0.4 is 5.32 Å². The molecule has 0 saturated carbocycles. The fraction of sp³-hybridized carbons (Fsp3) is 0.143. The van der Waals surface area contributed by atoms with Gasteiger partial charge in [0.2, 0.25) is 0 Å². The average Bonchev–Trinajstić information content (AvgIpc) is 2.47. The van der Waals surface area contributed by atoms with Gasteiger partial charge in [0.1, 0.15) is 11.6 Å². The predicted octanol–water partition coefficient (Wildman–Crippen LogP) is 3.52. The Bertz CT molecular complexity index is 663. The molecule has 1 aromatic heterocycles. The number of esters is 1.